The van der Waals surface area contributed by atoms with E-state index in [4.69, 9.17) is 5.14 Å². The molecule has 1 atom stereocenters. The van der Waals surface area contributed by atoms with Crippen LogP contribution >= 0.6 is 0 Å². The third kappa shape index (κ3) is 3.80. The number of amides is 1. The molecule has 0 bridgehead atoms. The van der Waals surface area contributed by atoms with Crippen LogP contribution < -0.4 is 5.14 Å². The Morgan fingerprint density at radius 2 is 1.92 bits per heavy atom. The number of carbonyl (C=O) groups excluding carboxylic acids is 1. The predicted octanol–water partition coefficient (Wildman–Crippen LogP) is 1.50. The number of benzene rings is 1. The molecule has 1 fully saturated rings. The van der Waals surface area contributed by atoms with Crippen LogP contribution in [0.1, 0.15) is 16.8 Å². The van der Waals surface area contributed by atoms with Crippen molar-refractivity contribution >= 4 is 15.9 Å². The van der Waals surface area contributed by atoms with Crippen LogP contribution in [0.15, 0.2) is 48.8 Å². The lowest BCUT2D eigenvalue weighted by atomic mass is 10.00. The quantitative estimate of drug-likeness (QED) is 0.909. The second-order valence-electron chi connectivity index (χ2n) is 6.02. The lowest BCUT2D eigenvalue weighted by Crippen LogP contribution is -2.31. The first-order valence-corrected chi connectivity index (χ1v) is 9.45. The number of likely N-dealkylation sites (tertiary alicyclic amines) is 1. The van der Waals surface area contributed by atoms with Crippen molar-refractivity contribution in [2.75, 3.05) is 18.8 Å². The van der Waals surface area contributed by atoms with E-state index >= 15 is 0 Å². The molecule has 2 aromatic rings. The van der Waals surface area contributed by atoms with Crippen molar-refractivity contribution < 1.29 is 13.2 Å². The molecule has 2 heterocycles. The Balaban J connectivity index is 1.82. The van der Waals surface area contributed by atoms with Crippen molar-refractivity contribution in [1.29, 1.82) is 0 Å². The monoisotopic (exact) mass is 345 g/mol. The minimum absolute atomic E-state index is 0.0806. The van der Waals surface area contributed by atoms with Crippen molar-refractivity contribution in [3.63, 3.8) is 0 Å². The van der Waals surface area contributed by atoms with E-state index < -0.39 is 10.0 Å². The molecule has 7 heteroatoms. The number of pyridine rings is 1. The SMILES string of the molecule is NS(=O)(=O)CC1CCN(C(=O)c2ccccc2-c2ccncc2)C1. The third-order valence-electron chi connectivity index (χ3n) is 4.19. The second kappa shape index (κ2) is 6.70. The zero-order chi connectivity index (χ0) is 17.2. The molecule has 1 unspecified atom stereocenters. The number of sulfonamides is 1. The number of aromatic nitrogens is 1. The highest BCUT2D eigenvalue weighted by Crippen LogP contribution is 2.26. The van der Waals surface area contributed by atoms with E-state index in [1.54, 1.807) is 23.4 Å². The minimum Gasteiger partial charge on any atom is -0.338 e. The maximum Gasteiger partial charge on any atom is 0.254 e. The van der Waals surface area contributed by atoms with Gasteiger partial charge in [0, 0.05) is 31.0 Å². The standard InChI is InChI=1S/C17H19N3O3S/c18-24(22,23)12-13-7-10-20(11-13)17(21)16-4-2-1-3-15(16)14-5-8-19-9-6-14/h1-6,8-9,13H,7,10-12H2,(H2,18,22,23). The van der Waals surface area contributed by atoms with E-state index in [2.05, 4.69) is 4.98 Å². The van der Waals surface area contributed by atoms with Crippen molar-refractivity contribution in [3.8, 4) is 11.1 Å². The molecule has 6 nitrogen and oxygen atoms in total. The zero-order valence-corrected chi connectivity index (χ0v) is 13.9. The summed E-state index contributed by atoms with van der Waals surface area (Å²) in [4.78, 5) is 18.6. The van der Waals surface area contributed by atoms with Gasteiger partial charge < -0.3 is 4.90 Å². The molecule has 0 aliphatic carbocycles. The first kappa shape index (κ1) is 16.6. The van der Waals surface area contributed by atoms with Gasteiger partial charge in [-0.3, -0.25) is 9.78 Å². The number of rotatable bonds is 4. The molecule has 1 aromatic heterocycles. The van der Waals surface area contributed by atoms with Crippen LogP contribution in [0, 0.1) is 5.92 Å². The first-order chi connectivity index (χ1) is 11.4. The van der Waals surface area contributed by atoms with E-state index in [-0.39, 0.29) is 17.6 Å². The Kier molecular flexibility index (Phi) is 4.64. The molecule has 1 aromatic carbocycles. The van der Waals surface area contributed by atoms with Crippen molar-refractivity contribution in [3.05, 3.63) is 54.4 Å². The molecular formula is C17H19N3O3S. The van der Waals surface area contributed by atoms with Gasteiger partial charge in [0.2, 0.25) is 10.0 Å². The first-order valence-electron chi connectivity index (χ1n) is 7.73. The van der Waals surface area contributed by atoms with Crippen LogP contribution in [0.25, 0.3) is 11.1 Å². The smallest absolute Gasteiger partial charge is 0.254 e. The van der Waals surface area contributed by atoms with Gasteiger partial charge in [-0.25, -0.2) is 13.6 Å². The average Bonchev–Trinajstić information content (AvgIpc) is 3.01. The van der Waals surface area contributed by atoms with Gasteiger partial charge in [0.05, 0.1) is 5.75 Å². The van der Waals surface area contributed by atoms with Crippen molar-refractivity contribution in [1.82, 2.24) is 9.88 Å². The summed E-state index contributed by atoms with van der Waals surface area (Å²) in [6.45, 7) is 0.962. The van der Waals surface area contributed by atoms with Gasteiger partial charge in [0.15, 0.2) is 0 Å². The molecule has 0 radical (unpaired) electrons. The molecule has 1 aliphatic rings. The molecule has 0 spiro atoms. The molecular weight excluding hydrogens is 326 g/mol. The van der Waals surface area contributed by atoms with Gasteiger partial charge in [0.1, 0.15) is 0 Å². The number of primary sulfonamides is 1. The summed E-state index contributed by atoms with van der Waals surface area (Å²) in [5.74, 6) is -0.264. The molecule has 3 rings (SSSR count). The minimum atomic E-state index is -3.52. The van der Waals surface area contributed by atoms with Gasteiger partial charge in [0.25, 0.3) is 5.91 Å². The Hall–Kier alpha value is -2.25. The topological polar surface area (TPSA) is 93.4 Å². The lowest BCUT2D eigenvalue weighted by molar-refractivity contribution is 0.0789. The van der Waals surface area contributed by atoms with E-state index in [0.717, 1.165) is 11.1 Å². The van der Waals surface area contributed by atoms with Crippen LogP contribution in [0.3, 0.4) is 0 Å². The molecule has 1 amide bonds. The van der Waals surface area contributed by atoms with Gasteiger partial charge >= 0.3 is 0 Å². The number of nitrogens with two attached hydrogens (primary N) is 1. The number of nitrogens with zero attached hydrogens (tertiary/aromatic N) is 2. The van der Waals surface area contributed by atoms with Gasteiger partial charge in [-0.2, -0.15) is 0 Å². The largest absolute Gasteiger partial charge is 0.338 e. The van der Waals surface area contributed by atoms with Crippen LogP contribution in [-0.4, -0.2) is 43.1 Å². The van der Waals surface area contributed by atoms with Crippen LogP contribution in [-0.2, 0) is 10.0 Å². The summed E-state index contributed by atoms with van der Waals surface area (Å²) in [7, 11) is -3.52. The molecule has 24 heavy (non-hydrogen) atoms. The molecule has 1 aliphatic heterocycles. The zero-order valence-electron chi connectivity index (χ0n) is 13.1. The van der Waals surface area contributed by atoms with E-state index in [9.17, 15) is 13.2 Å². The fraction of sp³-hybridized carbons (Fsp3) is 0.294. The van der Waals surface area contributed by atoms with E-state index in [1.165, 1.54) is 0 Å². The Morgan fingerprint density at radius 3 is 2.62 bits per heavy atom. The third-order valence-corrected chi connectivity index (χ3v) is 5.13. The van der Waals surface area contributed by atoms with Gasteiger partial charge in [-0.1, -0.05) is 18.2 Å². The van der Waals surface area contributed by atoms with Gasteiger partial charge in [-0.05, 0) is 41.7 Å². The Labute approximate surface area is 141 Å². The van der Waals surface area contributed by atoms with Crippen molar-refractivity contribution in [2.45, 2.75) is 6.42 Å². The fourth-order valence-electron chi connectivity index (χ4n) is 3.10. The maximum absolute atomic E-state index is 12.9. The summed E-state index contributed by atoms with van der Waals surface area (Å²) in [6.07, 6.45) is 4.03. The molecule has 0 saturated carbocycles. The van der Waals surface area contributed by atoms with Gasteiger partial charge in [-0.15, -0.1) is 0 Å². The summed E-state index contributed by atoms with van der Waals surface area (Å²) in [6, 6.07) is 11.1. The summed E-state index contributed by atoms with van der Waals surface area (Å²) < 4.78 is 22.5. The number of hydrogen-bond donors (Lipinski definition) is 1. The molecule has 126 valence electrons. The maximum atomic E-state index is 12.9. The van der Waals surface area contributed by atoms with Crippen LogP contribution in [0.5, 0.6) is 0 Å². The fourth-order valence-corrected chi connectivity index (χ4v) is 4.03. The highest BCUT2D eigenvalue weighted by Gasteiger charge is 2.30. The van der Waals surface area contributed by atoms with Crippen LogP contribution in [0.2, 0.25) is 0 Å². The summed E-state index contributed by atoms with van der Waals surface area (Å²) >= 11 is 0. The number of carbonyl (C=O) groups is 1. The normalized spacial score (nSPS) is 17.9. The van der Waals surface area contributed by atoms with E-state index in [0.29, 0.717) is 25.1 Å². The average molecular weight is 345 g/mol. The Morgan fingerprint density at radius 1 is 1.21 bits per heavy atom. The second-order valence-corrected chi connectivity index (χ2v) is 7.68. The van der Waals surface area contributed by atoms with Crippen molar-refractivity contribution in [2.24, 2.45) is 11.1 Å². The molecule has 1 saturated heterocycles. The molecule has 2 N–H and O–H groups in total. The predicted molar refractivity (Wildman–Crippen MR) is 91.7 cm³/mol. The Bertz CT molecular complexity index is 837. The summed E-state index contributed by atoms with van der Waals surface area (Å²) in [5, 5.41) is 5.11. The number of hydrogen-bond acceptors (Lipinski definition) is 4. The highest BCUT2D eigenvalue weighted by atomic mass is 32.2. The summed E-state index contributed by atoms with van der Waals surface area (Å²) in [5.41, 5.74) is 2.38. The lowest BCUT2D eigenvalue weighted by Gasteiger charge is -2.18. The highest BCUT2D eigenvalue weighted by molar-refractivity contribution is 7.89. The van der Waals surface area contributed by atoms with Crippen LogP contribution in [0.4, 0.5) is 0 Å². The van der Waals surface area contributed by atoms with E-state index in [1.807, 2.05) is 30.3 Å².